The van der Waals surface area contributed by atoms with Crippen LogP contribution in [-0.2, 0) is 36.1 Å². The molecule has 1 aliphatic heterocycles. The fraction of sp³-hybridized carbons (Fsp3) is 0.364. The van der Waals surface area contributed by atoms with Gasteiger partial charge >= 0.3 is 0 Å². The van der Waals surface area contributed by atoms with E-state index in [2.05, 4.69) is 4.99 Å². The molecule has 1 aliphatic rings. The van der Waals surface area contributed by atoms with Gasteiger partial charge in [0.25, 0.3) is 5.91 Å². The number of hydrogen-bond donors (Lipinski definition) is 1. The van der Waals surface area contributed by atoms with Gasteiger partial charge in [-0.2, -0.15) is 9.30 Å². The minimum atomic E-state index is -3.89. The lowest BCUT2D eigenvalue weighted by Gasteiger charge is -2.26. The highest BCUT2D eigenvalue weighted by molar-refractivity contribution is 7.89. The third kappa shape index (κ3) is 5.75. The number of amides is 1. The van der Waals surface area contributed by atoms with Crippen LogP contribution >= 0.6 is 11.3 Å². The molecule has 0 aliphatic carbocycles. The molecule has 1 amide bonds. The largest absolute Gasteiger partial charge is 0.380 e. The molecule has 3 aromatic rings. The van der Waals surface area contributed by atoms with Crippen LogP contribution in [0, 0.1) is 0 Å². The Morgan fingerprint density at radius 1 is 1.08 bits per heavy atom. The molecule has 1 fully saturated rings. The summed E-state index contributed by atoms with van der Waals surface area (Å²) in [5.41, 5.74) is 0.903. The van der Waals surface area contributed by atoms with Gasteiger partial charge in [0, 0.05) is 31.8 Å². The molecule has 14 heteroatoms. The second-order valence-corrected chi connectivity index (χ2v) is 12.4. The molecule has 2 heterocycles. The van der Waals surface area contributed by atoms with Gasteiger partial charge in [-0.1, -0.05) is 11.3 Å². The van der Waals surface area contributed by atoms with Crippen LogP contribution in [0.5, 0.6) is 0 Å². The Hall–Kier alpha value is -2.46. The van der Waals surface area contributed by atoms with E-state index < -0.39 is 26.0 Å². The van der Waals surface area contributed by atoms with Gasteiger partial charge in [0.05, 0.1) is 39.8 Å². The Bertz CT molecular complexity index is 1540. The van der Waals surface area contributed by atoms with Crippen molar-refractivity contribution in [2.45, 2.75) is 23.3 Å². The highest BCUT2D eigenvalue weighted by Crippen LogP contribution is 2.22. The molecule has 0 radical (unpaired) electrons. The number of thiazole rings is 1. The molecule has 0 saturated carbocycles. The Labute approximate surface area is 212 Å². The predicted octanol–water partition coefficient (Wildman–Crippen LogP) is 1.15. The number of rotatable bonds is 8. The number of ether oxygens (including phenoxy) is 2. The maximum Gasteiger partial charge on any atom is 0.279 e. The van der Waals surface area contributed by atoms with Crippen molar-refractivity contribution < 1.29 is 31.1 Å². The summed E-state index contributed by atoms with van der Waals surface area (Å²) in [6.45, 7) is 4.38. The van der Waals surface area contributed by atoms with Gasteiger partial charge in [-0.15, -0.1) is 0 Å². The van der Waals surface area contributed by atoms with Gasteiger partial charge in [-0.3, -0.25) is 4.79 Å². The third-order valence-corrected chi connectivity index (χ3v) is 9.42. The van der Waals surface area contributed by atoms with Crippen LogP contribution in [0.15, 0.2) is 57.2 Å². The van der Waals surface area contributed by atoms with E-state index in [0.717, 1.165) is 11.3 Å². The summed E-state index contributed by atoms with van der Waals surface area (Å²) in [6, 6.07) is 10.1. The van der Waals surface area contributed by atoms with Gasteiger partial charge in [-0.25, -0.2) is 22.0 Å². The Balaban J connectivity index is 1.67. The van der Waals surface area contributed by atoms with E-state index in [-0.39, 0.29) is 28.4 Å². The van der Waals surface area contributed by atoms with E-state index in [1.807, 2.05) is 6.92 Å². The zero-order valence-corrected chi connectivity index (χ0v) is 21.9. The molecule has 0 spiro atoms. The average molecular weight is 555 g/mol. The maximum atomic E-state index is 13.0. The van der Waals surface area contributed by atoms with Crippen LogP contribution in [0.3, 0.4) is 0 Å². The Kier molecular flexibility index (Phi) is 8.04. The molecule has 1 aromatic heterocycles. The lowest BCUT2D eigenvalue weighted by molar-refractivity contribution is 0.0730. The molecule has 194 valence electrons. The average Bonchev–Trinajstić information content (AvgIpc) is 3.20. The van der Waals surface area contributed by atoms with Crippen LogP contribution in [0.1, 0.15) is 17.3 Å². The fourth-order valence-corrected chi connectivity index (χ4v) is 6.81. The number of benzene rings is 2. The van der Waals surface area contributed by atoms with Gasteiger partial charge < -0.3 is 14.0 Å². The van der Waals surface area contributed by atoms with Crippen molar-refractivity contribution in [2.75, 3.05) is 39.5 Å². The van der Waals surface area contributed by atoms with Crippen LogP contribution in [0.2, 0.25) is 0 Å². The van der Waals surface area contributed by atoms with Crippen molar-refractivity contribution in [2.24, 2.45) is 10.1 Å². The molecule has 0 unspecified atom stereocenters. The molecular formula is C22H26N4O7S3. The number of primary sulfonamides is 1. The number of nitrogens with zero attached hydrogens (tertiary/aromatic N) is 3. The first-order valence-electron chi connectivity index (χ1n) is 11.1. The normalized spacial score (nSPS) is 16.0. The summed E-state index contributed by atoms with van der Waals surface area (Å²) >= 11 is 1.15. The van der Waals surface area contributed by atoms with E-state index in [1.54, 1.807) is 10.6 Å². The summed E-state index contributed by atoms with van der Waals surface area (Å²) in [7, 11) is -7.57. The zero-order valence-electron chi connectivity index (χ0n) is 19.5. The molecule has 11 nitrogen and oxygen atoms in total. The van der Waals surface area contributed by atoms with Crippen molar-refractivity contribution in [3.05, 3.63) is 52.8 Å². The van der Waals surface area contributed by atoms with E-state index in [9.17, 15) is 21.6 Å². The quantitative estimate of drug-likeness (QED) is 0.410. The summed E-state index contributed by atoms with van der Waals surface area (Å²) in [6.07, 6.45) is 0. The first kappa shape index (κ1) is 26.6. The highest BCUT2D eigenvalue weighted by atomic mass is 32.2. The molecule has 1 saturated heterocycles. The van der Waals surface area contributed by atoms with Crippen molar-refractivity contribution in [3.8, 4) is 0 Å². The molecule has 36 heavy (non-hydrogen) atoms. The maximum absolute atomic E-state index is 13.0. The van der Waals surface area contributed by atoms with Crippen molar-refractivity contribution >= 4 is 47.5 Å². The number of morpholine rings is 1. The van der Waals surface area contributed by atoms with Crippen molar-refractivity contribution in [1.82, 2.24) is 8.87 Å². The van der Waals surface area contributed by atoms with Crippen LogP contribution < -0.4 is 9.94 Å². The number of hydrogen-bond acceptors (Lipinski definition) is 8. The van der Waals surface area contributed by atoms with Gasteiger partial charge in [0.2, 0.25) is 20.0 Å². The molecule has 4 rings (SSSR count). The fourth-order valence-electron chi connectivity index (χ4n) is 3.69. The van der Waals surface area contributed by atoms with Gasteiger partial charge in [-0.05, 0) is 49.4 Å². The molecule has 0 atom stereocenters. The molecule has 2 aromatic carbocycles. The third-order valence-electron chi connectivity index (χ3n) is 5.55. The lowest BCUT2D eigenvalue weighted by Crippen LogP contribution is -2.40. The van der Waals surface area contributed by atoms with Gasteiger partial charge in [0.1, 0.15) is 0 Å². The number of carbonyl (C=O) groups is 1. The highest BCUT2D eigenvalue weighted by Gasteiger charge is 2.26. The molecule has 2 N–H and O–H groups in total. The van der Waals surface area contributed by atoms with Crippen molar-refractivity contribution in [1.29, 1.82) is 0 Å². The van der Waals surface area contributed by atoms with Crippen LogP contribution in [0.25, 0.3) is 10.2 Å². The van der Waals surface area contributed by atoms with Crippen LogP contribution in [-0.4, -0.2) is 71.1 Å². The summed E-state index contributed by atoms with van der Waals surface area (Å²) in [5, 5.41) is 5.26. The standard InChI is InChI=1S/C22H26N4O7S3/c1-2-32-14-11-26-19-8-7-18(35(23,28)29)15-20(19)34-22(26)24-21(27)16-3-5-17(6-4-16)36(30,31)25-9-12-33-13-10-25/h3-8,15H,2,9-14H2,1H3,(H2,23,28,29). The monoisotopic (exact) mass is 554 g/mol. The van der Waals surface area contributed by atoms with E-state index in [1.165, 1.54) is 40.7 Å². The van der Waals surface area contributed by atoms with E-state index in [0.29, 0.717) is 48.0 Å². The lowest BCUT2D eigenvalue weighted by atomic mass is 10.2. The second-order valence-electron chi connectivity index (χ2n) is 7.87. The number of carbonyl (C=O) groups excluding carboxylic acids is 1. The Morgan fingerprint density at radius 2 is 1.75 bits per heavy atom. The smallest absolute Gasteiger partial charge is 0.279 e. The minimum Gasteiger partial charge on any atom is -0.380 e. The van der Waals surface area contributed by atoms with Gasteiger partial charge in [0.15, 0.2) is 4.80 Å². The Morgan fingerprint density at radius 3 is 2.39 bits per heavy atom. The molecule has 0 bridgehead atoms. The first-order chi connectivity index (χ1) is 17.1. The number of sulfonamides is 2. The van der Waals surface area contributed by atoms with E-state index in [4.69, 9.17) is 14.6 Å². The first-order valence-corrected chi connectivity index (χ1v) is 14.9. The summed E-state index contributed by atoms with van der Waals surface area (Å²) in [5.74, 6) is -0.561. The zero-order chi connectivity index (χ0) is 25.9. The summed E-state index contributed by atoms with van der Waals surface area (Å²) < 4.78 is 63.6. The number of aromatic nitrogens is 1. The predicted molar refractivity (Wildman–Crippen MR) is 134 cm³/mol. The summed E-state index contributed by atoms with van der Waals surface area (Å²) in [4.78, 5) is 17.6. The van der Waals surface area contributed by atoms with Crippen molar-refractivity contribution in [3.63, 3.8) is 0 Å². The van der Waals surface area contributed by atoms with Crippen LogP contribution in [0.4, 0.5) is 0 Å². The number of nitrogens with two attached hydrogens (primary N) is 1. The van der Waals surface area contributed by atoms with E-state index >= 15 is 0 Å². The number of fused-ring (bicyclic) bond motifs is 1. The second kappa shape index (κ2) is 10.9. The molecular weight excluding hydrogens is 528 g/mol. The SMILES string of the molecule is CCOCCn1c(=NC(=O)c2ccc(S(=O)(=O)N3CCOCC3)cc2)sc2cc(S(N)(=O)=O)ccc21. The minimum absolute atomic E-state index is 0.0387. The topological polar surface area (TPSA) is 150 Å².